The largest absolute Gasteiger partial charge is 0.290 e. The van der Waals surface area contributed by atoms with Gasteiger partial charge in [-0.15, -0.1) is 0 Å². The highest BCUT2D eigenvalue weighted by Gasteiger charge is 2.52. The van der Waals surface area contributed by atoms with E-state index in [2.05, 4.69) is 60.7 Å². The van der Waals surface area contributed by atoms with Gasteiger partial charge in [-0.05, 0) is 35.8 Å². The van der Waals surface area contributed by atoms with Gasteiger partial charge >= 0.3 is 0 Å². The van der Waals surface area contributed by atoms with Crippen LogP contribution in [0.1, 0.15) is 13.3 Å². The van der Waals surface area contributed by atoms with Crippen molar-refractivity contribution in [2.24, 2.45) is 5.92 Å². The number of carbonyl (C=O) groups is 1. The summed E-state index contributed by atoms with van der Waals surface area (Å²) in [6, 6.07) is 22.9. The average molecular weight is 316 g/mol. The number of fused-ring (bicyclic) bond motifs is 1. The van der Waals surface area contributed by atoms with Crippen LogP contribution in [-0.4, -0.2) is 13.9 Å². The van der Waals surface area contributed by atoms with E-state index in [-0.39, 0.29) is 5.78 Å². The summed E-state index contributed by atoms with van der Waals surface area (Å²) >= 11 is 0. The van der Waals surface area contributed by atoms with E-state index in [1.165, 1.54) is 21.6 Å². The quantitative estimate of drug-likeness (QED) is 0.614. The van der Waals surface area contributed by atoms with Crippen molar-refractivity contribution in [1.29, 1.82) is 0 Å². The molecular weight excluding hydrogens is 296 g/mol. The molecule has 1 nitrogen and oxygen atoms in total. The molecule has 0 radical (unpaired) electrons. The monoisotopic (exact) mass is 316 g/mol. The van der Waals surface area contributed by atoms with Crippen LogP contribution in [-0.2, 0) is 4.79 Å². The lowest BCUT2D eigenvalue weighted by atomic mass is 10.00. The first-order chi connectivity index (χ1) is 11.3. The Morgan fingerprint density at radius 2 is 1.52 bits per heavy atom. The Labute approximate surface area is 138 Å². The van der Waals surface area contributed by atoms with Crippen LogP contribution in [0.5, 0.6) is 0 Å². The van der Waals surface area contributed by atoms with Gasteiger partial charge in [-0.2, -0.15) is 0 Å². The third-order valence-electron chi connectivity index (χ3n) is 5.47. The maximum atomic E-state index is 12.4. The molecule has 2 aliphatic rings. The van der Waals surface area contributed by atoms with Gasteiger partial charge in [0.25, 0.3) is 0 Å². The third kappa shape index (κ3) is 2.02. The van der Waals surface area contributed by atoms with Crippen molar-refractivity contribution in [3.8, 4) is 0 Å². The molecule has 1 saturated heterocycles. The summed E-state index contributed by atoms with van der Waals surface area (Å²) in [6.45, 7) is 2.00. The highest BCUT2D eigenvalue weighted by molar-refractivity contribution is 7.08. The molecular formula is C21H20OSi. The van der Waals surface area contributed by atoms with Crippen LogP contribution < -0.4 is 10.4 Å². The molecule has 1 aliphatic heterocycles. The van der Waals surface area contributed by atoms with Crippen molar-refractivity contribution in [3.63, 3.8) is 0 Å². The van der Waals surface area contributed by atoms with E-state index in [0.717, 1.165) is 12.0 Å². The van der Waals surface area contributed by atoms with E-state index in [4.69, 9.17) is 0 Å². The fourth-order valence-electron chi connectivity index (χ4n) is 4.48. The molecule has 0 saturated carbocycles. The summed E-state index contributed by atoms with van der Waals surface area (Å²) in [5, 5.41) is 4.29. The summed E-state index contributed by atoms with van der Waals surface area (Å²) in [7, 11) is -2.01. The lowest BCUT2D eigenvalue weighted by Crippen LogP contribution is -2.58. The fourth-order valence-corrected chi connectivity index (χ4v) is 9.86. The molecule has 1 unspecified atom stereocenters. The first-order valence-corrected chi connectivity index (χ1v) is 10.5. The standard InChI is InChI=1S/C21H20OSi/c1-2-18-19-13-14-23(21(19)15-20(18)22,16-9-5-3-6-10-16)17-11-7-4-8-12-17/h2-12,15,19H,13-14H2,1H3/b18-2-. The summed E-state index contributed by atoms with van der Waals surface area (Å²) in [5.74, 6) is 0.579. The van der Waals surface area contributed by atoms with E-state index < -0.39 is 8.07 Å². The molecule has 2 aromatic carbocycles. The van der Waals surface area contributed by atoms with Gasteiger partial charge < -0.3 is 0 Å². The topological polar surface area (TPSA) is 17.1 Å². The number of ketones is 1. The predicted molar refractivity (Wildman–Crippen MR) is 97.7 cm³/mol. The van der Waals surface area contributed by atoms with Crippen molar-refractivity contribution in [1.82, 2.24) is 0 Å². The van der Waals surface area contributed by atoms with E-state index >= 15 is 0 Å². The van der Waals surface area contributed by atoms with Crippen LogP contribution in [0.15, 0.2) is 83.6 Å². The minimum atomic E-state index is -2.01. The zero-order chi connectivity index (χ0) is 15.9. The Kier molecular flexibility index (Phi) is 3.42. The molecule has 0 spiro atoms. The van der Waals surface area contributed by atoms with Crippen molar-refractivity contribution >= 4 is 24.2 Å². The van der Waals surface area contributed by atoms with E-state index in [1.54, 1.807) is 0 Å². The second kappa shape index (κ2) is 5.46. The fraction of sp³-hybridized carbons (Fsp3) is 0.190. The molecule has 0 amide bonds. The number of allylic oxidation sites excluding steroid dienone is 4. The molecule has 23 heavy (non-hydrogen) atoms. The van der Waals surface area contributed by atoms with Crippen molar-refractivity contribution in [2.45, 2.75) is 19.4 Å². The molecule has 114 valence electrons. The van der Waals surface area contributed by atoms with Gasteiger partial charge in [0.05, 0.1) is 0 Å². The van der Waals surface area contributed by atoms with Crippen molar-refractivity contribution < 1.29 is 4.79 Å². The Hall–Kier alpha value is -2.19. The third-order valence-corrected chi connectivity index (χ3v) is 10.6. The first kappa shape index (κ1) is 14.4. The summed E-state index contributed by atoms with van der Waals surface area (Å²) in [6.07, 6.45) is 5.10. The summed E-state index contributed by atoms with van der Waals surface area (Å²) < 4.78 is 0. The number of hydrogen-bond acceptors (Lipinski definition) is 1. The van der Waals surface area contributed by atoms with Crippen LogP contribution in [0, 0.1) is 5.92 Å². The second-order valence-corrected chi connectivity index (χ2v) is 10.5. The Morgan fingerprint density at radius 3 is 2.04 bits per heavy atom. The van der Waals surface area contributed by atoms with Gasteiger partial charge in [-0.3, -0.25) is 4.79 Å². The van der Waals surface area contributed by atoms with Gasteiger partial charge in [-0.25, -0.2) is 0 Å². The minimum Gasteiger partial charge on any atom is -0.290 e. The lowest BCUT2D eigenvalue weighted by molar-refractivity contribution is -0.111. The molecule has 1 fully saturated rings. The molecule has 0 N–H and O–H groups in total. The van der Waals surface area contributed by atoms with Gasteiger partial charge in [0, 0.05) is 11.5 Å². The van der Waals surface area contributed by atoms with Gasteiger partial charge in [0.15, 0.2) is 5.78 Å². The van der Waals surface area contributed by atoms with Gasteiger partial charge in [0.2, 0.25) is 0 Å². The summed E-state index contributed by atoms with van der Waals surface area (Å²) in [4.78, 5) is 12.4. The molecule has 0 aromatic heterocycles. The van der Waals surface area contributed by atoms with Crippen LogP contribution in [0.2, 0.25) is 6.04 Å². The Bertz CT molecular complexity index is 763. The van der Waals surface area contributed by atoms with Crippen LogP contribution in [0.4, 0.5) is 0 Å². The Balaban J connectivity index is 1.96. The van der Waals surface area contributed by atoms with E-state index in [0.29, 0.717) is 5.92 Å². The Morgan fingerprint density at radius 1 is 0.957 bits per heavy atom. The smallest absolute Gasteiger partial charge is 0.181 e. The first-order valence-electron chi connectivity index (χ1n) is 8.31. The zero-order valence-corrected chi connectivity index (χ0v) is 14.3. The average Bonchev–Trinajstić information content (AvgIpc) is 3.12. The van der Waals surface area contributed by atoms with Crippen LogP contribution in [0.3, 0.4) is 0 Å². The van der Waals surface area contributed by atoms with Gasteiger partial charge in [0.1, 0.15) is 8.07 Å². The zero-order valence-electron chi connectivity index (χ0n) is 13.3. The number of benzene rings is 2. The normalized spacial score (nSPS) is 23.9. The van der Waals surface area contributed by atoms with Crippen LogP contribution >= 0.6 is 0 Å². The minimum absolute atomic E-state index is 0.232. The molecule has 0 bridgehead atoms. The molecule has 4 rings (SSSR count). The van der Waals surface area contributed by atoms with E-state index in [9.17, 15) is 4.79 Å². The van der Waals surface area contributed by atoms with E-state index in [1.807, 2.05) is 19.1 Å². The molecule has 2 aromatic rings. The SMILES string of the molecule is C/C=C1\C(=O)C=C2C1CC[Si]2(c1ccccc1)c1ccccc1. The lowest BCUT2D eigenvalue weighted by Gasteiger charge is -2.30. The highest BCUT2D eigenvalue weighted by Crippen LogP contribution is 2.46. The number of hydrogen-bond donors (Lipinski definition) is 0. The summed E-state index contributed by atoms with van der Waals surface area (Å²) in [5.41, 5.74) is 1.02. The molecule has 1 atom stereocenters. The molecule has 1 heterocycles. The van der Waals surface area contributed by atoms with Crippen molar-refractivity contribution in [2.75, 3.05) is 0 Å². The maximum absolute atomic E-state index is 12.4. The number of rotatable bonds is 2. The maximum Gasteiger partial charge on any atom is 0.181 e. The van der Waals surface area contributed by atoms with Crippen molar-refractivity contribution in [3.05, 3.63) is 83.6 Å². The van der Waals surface area contributed by atoms with Crippen LogP contribution in [0.25, 0.3) is 0 Å². The molecule has 2 heteroatoms. The second-order valence-electron chi connectivity index (χ2n) is 6.44. The highest BCUT2D eigenvalue weighted by atomic mass is 28.3. The predicted octanol–water partition coefficient (Wildman–Crippen LogP) is 3.26. The molecule has 1 aliphatic carbocycles. The number of carbonyl (C=O) groups excluding carboxylic acids is 1. The van der Waals surface area contributed by atoms with Gasteiger partial charge in [-0.1, -0.05) is 71.9 Å².